The van der Waals surface area contributed by atoms with Gasteiger partial charge in [-0.25, -0.2) is 4.39 Å². The average Bonchev–Trinajstić information content (AvgIpc) is 2.50. The molecule has 1 aromatic carbocycles. The lowest BCUT2D eigenvalue weighted by Gasteiger charge is -2.35. The summed E-state index contributed by atoms with van der Waals surface area (Å²) in [4.78, 5) is 15.1. The van der Waals surface area contributed by atoms with Crippen LogP contribution in [0.2, 0.25) is 0 Å². The Hall–Kier alpha value is -1.11. The Balaban J connectivity index is 1.57. The van der Waals surface area contributed by atoms with Gasteiger partial charge in [-0.05, 0) is 44.5 Å². The quantitative estimate of drug-likeness (QED) is 0.612. The number of carbonyl (C=O) groups excluding carboxylic acids is 1. The Morgan fingerprint density at radius 2 is 1.96 bits per heavy atom. The van der Waals surface area contributed by atoms with Crippen LogP contribution in [-0.2, 0) is 9.53 Å². The molecule has 0 spiro atoms. The summed E-state index contributed by atoms with van der Waals surface area (Å²) in [5, 5.41) is 2.93. The second kappa shape index (κ2) is 9.25. The number of hydrogen-bond donors (Lipinski definition) is 1. The maximum absolute atomic E-state index is 12.8. The molecule has 2 rings (SSSR count). The molecule has 1 aliphatic rings. The number of nitrogens with one attached hydrogen (secondary N) is 1. The zero-order valence-electron chi connectivity index (χ0n) is 13.8. The monoisotopic (exact) mass is 340 g/mol. The predicted octanol–water partition coefficient (Wildman–Crippen LogP) is 2.53. The number of rotatable bonds is 7. The third-order valence-corrected chi connectivity index (χ3v) is 4.66. The van der Waals surface area contributed by atoms with Crippen molar-refractivity contribution in [3.05, 3.63) is 30.1 Å². The van der Waals surface area contributed by atoms with Gasteiger partial charge < -0.3 is 10.1 Å². The average molecular weight is 340 g/mol. The van der Waals surface area contributed by atoms with Gasteiger partial charge in [-0.2, -0.15) is 0 Å². The molecule has 1 fully saturated rings. The fourth-order valence-corrected chi connectivity index (χ4v) is 3.46. The van der Waals surface area contributed by atoms with E-state index in [2.05, 4.69) is 24.1 Å². The molecule has 1 saturated heterocycles. The number of benzene rings is 1. The van der Waals surface area contributed by atoms with Crippen LogP contribution in [0.25, 0.3) is 0 Å². The van der Waals surface area contributed by atoms with Crippen molar-refractivity contribution in [2.45, 2.75) is 37.4 Å². The highest BCUT2D eigenvalue weighted by Crippen LogP contribution is 2.17. The maximum Gasteiger partial charge on any atom is 0.230 e. The lowest BCUT2D eigenvalue weighted by Crippen LogP contribution is -2.46. The van der Waals surface area contributed by atoms with Crippen LogP contribution in [0.3, 0.4) is 0 Å². The Morgan fingerprint density at radius 3 is 2.61 bits per heavy atom. The van der Waals surface area contributed by atoms with Crippen LogP contribution in [0.1, 0.15) is 20.3 Å². The van der Waals surface area contributed by atoms with E-state index >= 15 is 0 Å². The first-order valence-electron chi connectivity index (χ1n) is 8.06. The minimum Gasteiger partial charge on any atom is -0.373 e. The molecule has 23 heavy (non-hydrogen) atoms. The Morgan fingerprint density at radius 1 is 1.30 bits per heavy atom. The van der Waals surface area contributed by atoms with E-state index in [1.54, 1.807) is 12.1 Å². The molecule has 2 unspecified atom stereocenters. The van der Waals surface area contributed by atoms with Crippen LogP contribution in [0.15, 0.2) is 29.2 Å². The summed E-state index contributed by atoms with van der Waals surface area (Å²) in [5.74, 6) is 0.116. The third-order valence-electron chi connectivity index (χ3n) is 3.65. The highest BCUT2D eigenvalue weighted by Gasteiger charge is 2.21. The van der Waals surface area contributed by atoms with Crippen LogP contribution in [0.5, 0.6) is 0 Å². The number of hydrogen-bond acceptors (Lipinski definition) is 4. The van der Waals surface area contributed by atoms with Gasteiger partial charge in [0.25, 0.3) is 0 Å². The summed E-state index contributed by atoms with van der Waals surface area (Å²) in [5.41, 5.74) is 0. The molecule has 1 aromatic rings. The molecule has 0 saturated carbocycles. The molecule has 1 heterocycles. The minimum absolute atomic E-state index is 0.0167. The van der Waals surface area contributed by atoms with Gasteiger partial charge in [0.1, 0.15) is 5.82 Å². The summed E-state index contributed by atoms with van der Waals surface area (Å²) in [6.45, 7) is 7.76. The number of halogens is 1. The Kier molecular flexibility index (Phi) is 7.33. The number of morpholine rings is 1. The molecule has 0 radical (unpaired) electrons. The lowest BCUT2D eigenvalue weighted by molar-refractivity contribution is -0.118. The van der Waals surface area contributed by atoms with E-state index < -0.39 is 0 Å². The zero-order valence-corrected chi connectivity index (χ0v) is 14.6. The summed E-state index contributed by atoms with van der Waals surface area (Å²) in [7, 11) is 0. The van der Waals surface area contributed by atoms with Crippen molar-refractivity contribution in [3.63, 3.8) is 0 Å². The van der Waals surface area contributed by atoms with E-state index in [1.165, 1.54) is 23.9 Å². The Bertz CT molecular complexity index is 488. The first kappa shape index (κ1) is 18.2. The molecule has 0 aromatic heterocycles. The summed E-state index contributed by atoms with van der Waals surface area (Å²) >= 11 is 1.42. The fraction of sp³-hybridized carbons (Fsp3) is 0.588. The van der Waals surface area contributed by atoms with Crippen molar-refractivity contribution in [3.8, 4) is 0 Å². The van der Waals surface area contributed by atoms with Crippen molar-refractivity contribution in [2.24, 2.45) is 0 Å². The van der Waals surface area contributed by atoms with E-state index in [0.29, 0.717) is 12.3 Å². The number of thioether (sulfide) groups is 1. The molecule has 1 N–H and O–H groups in total. The van der Waals surface area contributed by atoms with Crippen molar-refractivity contribution < 1.29 is 13.9 Å². The van der Waals surface area contributed by atoms with Crippen molar-refractivity contribution >= 4 is 17.7 Å². The van der Waals surface area contributed by atoms with Gasteiger partial charge in [0.15, 0.2) is 0 Å². The van der Waals surface area contributed by atoms with E-state index in [4.69, 9.17) is 4.74 Å². The summed E-state index contributed by atoms with van der Waals surface area (Å²) in [6, 6.07) is 6.19. The molecule has 0 aliphatic carbocycles. The van der Waals surface area contributed by atoms with Crippen LogP contribution in [0, 0.1) is 5.82 Å². The van der Waals surface area contributed by atoms with Gasteiger partial charge in [0.2, 0.25) is 5.91 Å². The lowest BCUT2D eigenvalue weighted by atomic mass is 10.2. The minimum atomic E-state index is -0.259. The summed E-state index contributed by atoms with van der Waals surface area (Å²) in [6.07, 6.45) is 1.49. The topological polar surface area (TPSA) is 41.6 Å². The van der Waals surface area contributed by atoms with Gasteiger partial charge in [-0.1, -0.05) is 0 Å². The molecular weight excluding hydrogens is 315 g/mol. The molecule has 4 nitrogen and oxygen atoms in total. The molecule has 1 aliphatic heterocycles. The molecule has 0 bridgehead atoms. The number of amides is 1. The zero-order chi connectivity index (χ0) is 16.7. The maximum atomic E-state index is 12.8. The smallest absolute Gasteiger partial charge is 0.230 e. The molecule has 128 valence electrons. The molecule has 6 heteroatoms. The van der Waals surface area contributed by atoms with Gasteiger partial charge in [0, 0.05) is 31.1 Å². The van der Waals surface area contributed by atoms with Crippen molar-refractivity contribution in [1.82, 2.24) is 10.2 Å². The third kappa shape index (κ3) is 6.89. The normalized spacial score (nSPS) is 22.0. The van der Waals surface area contributed by atoms with E-state index in [9.17, 15) is 9.18 Å². The summed E-state index contributed by atoms with van der Waals surface area (Å²) < 4.78 is 18.5. The van der Waals surface area contributed by atoms with Crippen LogP contribution in [-0.4, -0.2) is 54.9 Å². The van der Waals surface area contributed by atoms with Gasteiger partial charge in [-0.15, -0.1) is 11.8 Å². The number of ether oxygens (including phenoxy) is 1. The highest BCUT2D eigenvalue weighted by molar-refractivity contribution is 8.00. The SMILES string of the molecule is CC1CN(CCCNC(=O)CSc2ccc(F)cc2)CC(C)O1. The van der Waals surface area contributed by atoms with Crippen LogP contribution < -0.4 is 5.32 Å². The van der Waals surface area contributed by atoms with E-state index in [1.807, 2.05) is 0 Å². The van der Waals surface area contributed by atoms with Crippen LogP contribution >= 0.6 is 11.8 Å². The standard InChI is InChI=1S/C17H25FN2O2S/c1-13-10-20(11-14(2)22-13)9-3-8-19-17(21)12-23-16-6-4-15(18)5-7-16/h4-7,13-14H,3,8-12H2,1-2H3,(H,19,21). The number of carbonyl (C=O) groups is 1. The predicted molar refractivity (Wildman–Crippen MR) is 91.2 cm³/mol. The molecular formula is C17H25FN2O2S. The fourth-order valence-electron chi connectivity index (χ4n) is 2.73. The first-order chi connectivity index (χ1) is 11.0. The number of nitrogens with zero attached hydrogens (tertiary/aromatic N) is 1. The van der Waals surface area contributed by atoms with E-state index in [0.717, 1.165) is 31.0 Å². The van der Waals surface area contributed by atoms with Gasteiger partial charge in [0.05, 0.1) is 18.0 Å². The van der Waals surface area contributed by atoms with Crippen LogP contribution in [0.4, 0.5) is 4.39 Å². The second-order valence-electron chi connectivity index (χ2n) is 5.96. The largest absolute Gasteiger partial charge is 0.373 e. The Labute approximate surface area is 141 Å². The van der Waals surface area contributed by atoms with E-state index in [-0.39, 0.29) is 23.9 Å². The first-order valence-corrected chi connectivity index (χ1v) is 9.04. The van der Waals surface area contributed by atoms with Crippen molar-refractivity contribution in [1.29, 1.82) is 0 Å². The van der Waals surface area contributed by atoms with Crippen molar-refractivity contribution in [2.75, 3.05) is 31.9 Å². The second-order valence-corrected chi connectivity index (χ2v) is 7.01. The molecule has 1 amide bonds. The highest BCUT2D eigenvalue weighted by atomic mass is 32.2. The van der Waals surface area contributed by atoms with Gasteiger partial charge in [-0.3, -0.25) is 9.69 Å². The molecule has 2 atom stereocenters. The van der Waals surface area contributed by atoms with Gasteiger partial charge >= 0.3 is 0 Å².